The highest BCUT2D eigenvalue weighted by Gasteiger charge is 2.33. The number of hydrogen-bond donors (Lipinski definition) is 1. The molecule has 0 fully saturated rings. The molecule has 0 saturated heterocycles. The standard InChI is InChI=1S/C24H34N2O5S/c1-4-11-25(14-18(27)16-29-2)15-24(28)26-12-9-23-19(10-13-32-23)20(26)17-31-22-8-6-5-7-21(22)30-3/h5-8,10,13,18,20,27H,4,9,11-12,14-17H2,1-3H3/t18-,20+/m0/s1. The summed E-state index contributed by atoms with van der Waals surface area (Å²) >= 11 is 1.73. The lowest BCUT2D eigenvalue weighted by Gasteiger charge is -2.37. The van der Waals surface area contributed by atoms with Gasteiger partial charge < -0.3 is 24.2 Å². The van der Waals surface area contributed by atoms with Gasteiger partial charge in [-0.25, -0.2) is 0 Å². The first-order chi connectivity index (χ1) is 15.6. The zero-order chi connectivity index (χ0) is 22.9. The third-order valence-electron chi connectivity index (χ3n) is 5.61. The van der Waals surface area contributed by atoms with Gasteiger partial charge in [0.2, 0.25) is 5.91 Å². The van der Waals surface area contributed by atoms with Crippen LogP contribution >= 0.6 is 11.3 Å². The first-order valence-corrected chi connectivity index (χ1v) is 12.0. The number of carbonyl (C=O) groups excluding carboxylic acids is 1. The van der Waals surface area contributed by atoms with Crippen LogP contribution in [0.1, 0.15) is 29.8 Å². The average molecular weight is 463 g/mol. The molecule has 7 nitrogen and oxygen atoms in total. The van der Waals surface area contributed by atoms with E-state index in [9.17, 15) is 9.90 Å². The highest BCUT2D eigenvalue weighted by molar-refractivity contribution is 7.10. The number of ether oxygens (including phenoxy) is 3. The lowest BCUT2D eigenvalue weighted by atomic mass is 10.0. The molecule has 32 heavy (non-hydrogen) atoms. The molecule has 2 atom stereocenters. The molecule has 0 unspecified atom stereocenters. The Hall–Kier alpha value is -2.13. The third kappa shape index (κ3) is 6.22. The topological polar surface area (TPSA) is 71.5 Å². The number of carbonyl (C=O) groups is 1. The molecule has 1 N–H and O–H groups in total. The van der Waals surface area contributed by atoms with E-state index in [1.165, 1.54) is 4.88 Å². The molecule has 0 spiro atoms. The van der Waals surface area contributed by atoms with Crippen molar-refractivity contribution in [2.45, 2.75) is 31.9 Å². The van der Waals surface area contributed by atoms with Crippen LogP contribution in [-0.2, 0) is 16.0 Å². The van der Waals surface area contributed by atoms with Gasteiger partial charge in [-0.3, -0.25) is 9.69 Å². The summed E-state index contributed by atoms with van der Waals surface area (Å²) in [5, 5.41) is 12.2. The van der Waals surface area contributed by atoms with Crippen LogP contribution in [0.25, 0.3) is 0 Å². The molecule has 2 aromatic rings. The molecule has 0 bridgehead atoms. The van der Waals surface area contributed by atoms with Crippen LogP contribution < -0.4 is 9.47 Å². The van der Waals surface area contributed by atoms with E-state index in [0.717, 1.165) is 24.9 Å². The number of thiophene rings is 1. The predicted octanol–water partition coefficient (Wildman–Crippen LogP) is 2.98. The van der Waals surface area contributed by atoms with Gasteiger partial charge in [-0.05, 0) is 48.5 Å². The maximum atomic E-state index is 13.4. The fourth-order valence-electron chi connectivity index (χ4n) is 4.16. The number of fused-ring (bicyclic) bond motifs is 1. The van der Waals surface area contributed by atoms with Crippen molar-refractivity contribution in [2.75, 3.05) is 53.6 Å². The van der Waals surface area contributed by atoms with E-state index in [2.05, 4.69) is 18.4 Å². The second-order valence-corrected chi connectivity index (χ2v) is 8.96. The van der Waals surface area contributed by atoms with Crippen molar-refractivity contribution in [3.05, 3.63) is 46.2 Å². The van der Waals surface area contributed by atoms with Gasteiger partial charge in [0, 0.05) is 25.1 Å². The van der Waals surface area contributed by atoms with Crippen LogP contribution in [0, 0.1) is 0 Å². The largest absolute Gasteiger partial charge is 0.493 e. The van der Waals surface area contributed by atoms with Crippen molar-refractivity contribution in [1.29, 1.82) is 0 Å². The van der Waals surface area contributed by atoms with Crippen molar-refractivity contribution in [3.63, 3.8) is 0 Å². The summed E-state index contributed by atoms with van der Waals surface area (Å²) in [4.78, 5) is 18.6. The Bertz CT molecular complexity index is 858. The quantitative estimate of drug-likeness (QED) is 0.523. The van der Waals surface area contributed by atoms with E-state index in [-0.39, 0.29) is 25.1 Å². The molecule has 1 amide bonds. The molecule has 2 heterocycles. The smallest absolute Gasteiger partial charge is 0.237 e. The second kappa shape index (κ2) is 12.2. The molecule has 0 radical (unpaired) electrons. The van der Waals surface area contributed by atoms with Crippen LogP contribution in [0.3, 0.4) is 0 Å². The minimum atomic E-state index is -0.617. The fraction of sp³-hybridized carbons (Fsp3) is 0.542. The summed E-state index contributed by atoms with van der Waals surface area (Å²) < 4.78 is 16.6. The van der Waals surface area contributed by atoms with Crippen molar-refractivity contribution >= 4 is 17.2 Å². The Labute approximate surface area is 194 Å². The zero-order valence-corrected chi connectivity index (χ0v) is 20.0. The first-order valence-electron chi connectivity index (χ1n) is 11.1. The first kappa shape index (κ1) is 24.5. The Balaban J connectivity index is 1.73. The molecule has 1 aromatic carbocycles. The highest BCUT2D eigenvalue weighted by atomic mass is 32.1. The van der Waals surface area contributed by atoms with E-state index in [1.807, 2.05) is 34.1 Å². The number of aliphatic hydroxyl groups is 1. The number of nitrogens with zero attached hydrogens (tertiary/aromatic N) is 2. The highest BCUT2D eigenvalue weighted by Crippen LogP contribution is 2.35. The van der Waals surface area contributed by atoms with Gasteiger partial charge in [0.05, 0.1) is 32.4 Å². The average Bonchev–Trinajstić information content (AvgIpc) is 3.27. The van der Waals surface area contributed by atoms with E-state index < -0.39 is 6.10 Å². The lowest BCUT2D eigenvalue weighted by Crippen LogP contribution is -2.48. The van der Waals surface area contributed by atoms with Gasteiger partial charge >= 0.3 is 0 Å². The third-order valence-corrected chi connectivity index (χ3v) is 6.60. The Morgan fingerprint density at radius 1 is 1.28 bits per heavy atom. The molecule has 176 valence electrons. The van der Waals surface area contributed by atoms with Gasteiger partial charge in [0.1, 0.15) is 6.61 Å². The monoisotopic (exact) mass is 462 g/mol. The number of para-hydroxylation sites is 2. The minimum absolute atomic E-state index is 0.0496. The maximum Gasteiger partial charge on any atom is 0.237 e. The molecule has 0 aliphatic carbocycles. The summed E-state index contributed by atoms with van der Waals surface area (Å²) in [6.07, 6.45) is 1.14. The Morgan fingerprint density at radius 2 is 2.06 bits per heavy atom. The van der Waals surface area contributed by atoms with Crippen LogP contribution in [-0.4, -0.2) is 80.5 Å². The molecule has 1 aromatic heterocycles. The van der Waals surface area contributed by atoms with Gasteiger partial charge in [0.15, 0.2) is 11.5 Å². The van der Waals surface area contributed by atoms with Crippen molar-refractivity contribution in [1.82, 2.24) is 9.80 Å². The number of methoxy groups -OCH3 is 2. The molecule has 1 aliphatic heterocycles. The molecule has 0 saturated carbocycles. The number of amides is 1. The number of benzene rings is 1. The van der Waals surface area contributed by atoms with Crippen LogP contribution in [0.4, 0.5) is 0 Å². The van der Waals surface area contributed by atoms with E-state index in [0.29, 0.717) is 31.2 Å². The number of aliphatic hydroxyl groups excluding tert-OH is 1. The Morgan fingerprint density at radius 3 is 2.78 bits per heavy atom. The van der Waals surface area contributed by atoms with E-state index >= 15 is 0 Å². The molecular formula is C24H34N2O5S. The van der Waals surface area contributed by atoms with E-state index in [1.54, 1.807) is 25.6 Å². The van der Waals surface area contributed by atoms with Gasteiger partial charge in [0.25, 0.3) is 0 Å². The number of hydrogen-bond acceptors (Lipinski definition) is 7. The van der Waals surface area contributed by atoms with E-state index in [4.69, 9.17) is 14.2 Å². The summed E-state index contributed by atoms with van der Waals surface area (Å²) in [5.74, 6) is 1.39. The number of rotatable bonds is 12. The predicted molar refractivity (Wildman–Crippen MR) is 126 cm³/mol. The lowest BCUT2D eigenvalue weighted by molar-refractivity contribution is -0.136. The van der Waals surface area contributed by atoms with Crippen molar-refractivity contribution < 1.29 is 24.1 Å². The fourth-order valence-corrected chi connectivity index (χ4v) is 5.09. The summed E-state index contributed by atoms with van der Waals surface area (Å²) in [6.45, 7) is 4.76. The summed E-state index contributed by atoms with van der Waals surface area (Å²) in [6, 6.07) is 9.49. The van der Waals surface area contributed by atoms with Gasteiger partial charge in [-0.1, -0.05) is 19.1 Å². The van der Waals surface area contributed by atoms with Crippen LogP contribution in [0.5, 0.6) is 11.5 Å². The second-order valence-electron chi connectivity index (χ2n) is 7.96. The van der Waals surface area contributed by atoms with Gasteiger partial charge in [-0.15, -0.1) is 11.3 Å². The van der Waals surface area contributed by atoms with Crippen LogP contribution in [0.15, 0.2) is 35.7 Å². The molecular weight excluding hydrogens is 428 g/mol. The molecule has 8 heteroatoms. The van der Waals surface area contributed by atoms with Gasteiger partial charge in [-0.2, -0.15) is 0 Å². The SMILES string of the molecule is CCCN(CC(=O)N1CCc2sccc2[C@H]1COc1ccccc1OC)C[C@H](O)COC. The Kier molecular flexibility index (Phi) is 9.35. The van der Waals surface area contributed by atoms with Crippen molar-refractivity contribution in [3.8, 4) is 11.5 Å². The van der Waals surface area contributed by atoms with Crippen molar-refractivity contribution in [2.24, 2.45) is 0 Å². The summed E-state index contributed by atoms with van der Waals surface area (Å²) in [7, 11) is 3.19. The van der Waals surface area contributed by atoms with Crippen LogP contribution in [0.2, 0.25) is 0 Å². The molecule has 1 aliphatic rings. The molecule has 3 rings (SSSR count). The normalized spacial score (nSPS) is 16.7. The minimum Gasteiger partial charge on any atom is -0.493 e. The maximum absolute atomic E-state index is 13.4. The summed E-state index contributed by atoms with van der Waals surface area (Å²) in [5.41, 5.74) is 1.16. The zero-order valence-electron chi connectivity index (χ0n) is 19.2.